The monoisotopic (exact) mass is 574 g/mol. The Hall–Kier alpha value is -3.68. The van der Waals surface area contributed by atoms with Crippen LogP contribution in [0.1, 0.15) is 57.4 Å². The molecule has 1 saturated carbocycles. The first-order valence-electron chi connectivity index (χ1n) is 12.9. The highest BCUT2D eigenvalue weighted by atomic mass is 19.4. The molecular weight excluding hydrogens is 537 g/mol. The largest absolute Gasteiger partial charge is 0.490 e. The van der Waals surface area contributed by atoms with E-state index in [9.17, 15) is 32.3 Å². The van der Waals surface area contributed by atoms with Crippen LogP contribution in [0, 0.1) is 5.92 Å². The maximum absolute atomic E-state index is 13.0. The van der Waals surface area contributed by atoms with Crippen molar-refractivity contribution in [2.24, 2.45) is 11.7 Å². The summed E-state index contributed by atoms with van der Waals surface area (Å²) in [6.07, 6.45) is 0.377. The molecule has 0 bridgehead atoms. The van der Waals surface area contributed by atoms with Crippen LogP contribution in [0.4, 0.5) is 13.2 Å². The Bertz CT molecular complexity index is 971. The van der Waals surface area contributed by atoms with E-state index in [2.05, 4.69) is 16.0 Å². The second-order valence-electron chi connectivity index (χ2n) is 9.26. The number of aliphatic carboxylic acids is 1. The van der Waals surface area contributed by atoms with E-state index in [0.29, 0.717) is 18.9 Å². The number of benzene rings is 1. The van der Waals surface area contributed by atoms with Gasteiger partial charge in [0.25, 0.3) is 0 Å². The van der Waals surface area contributed by atoms with Crippen molar-refractivity contribution >= 4 is 29.7 Å². The van der Waals surface area contributed by atoms with Gasteiger partial charge in [-0.05, 0) is 24.4 Å². The molecule has 0 radical (unpaired) electrons. The third-order valence-electron chi connectivity index (χ3n) is 6.00. The van der Waals surface area contributed by atoms with Crippen molar-refractivity contribution in [1.82, 2.24) is 16.0 Å². The lowest BCUT2D eigenvalue weighted by molar-refractivity contribution is -0.192. The molecule has 0 aliphatic heterocycles. The molecule has 2 rings (SSSR count). The van der Waals surface area contributed by atoms with Crippen LogP contribution in [0.2, 0.25) is 0 Å². The number of likely N-dealkylation sites (N-methyl/N-ethyl adjacent to an activating group) is 1. The third-order valence-corrected chi connectivity index (χ3v) is 6.00. The lowest BCUT2D eigenvalue weighted by atomic mass is 9.84. The minimum atomic E-state index is -5.08. The van der Waals surface area contributed by atoms with E-state index in [1.54, 1.807) is 0 Å². The number of rotatable bonds is 13. The Morgan fingerprint density at radius 2 is 1.62 bits per heavy atom. The number of hydrogen-bond acceptors (Lipinski definition) is 7. The van der Waals surface area contributed by atoms with Crippen LogP contribution >= 0.6 is 0 Å². The molecule has 1 aromatic carbocycles. The zero-order valence-corrected chi connectivity index (χ0v) is 22.3. The number of amides is 3. The van der Waals surface area contributed by atoms with E-state index in [1.165, 1.54) is 6.42 Å². The van der Waals surface area contributed by atoms with Crippen LogP contribution < -0.4 is 21.7 Å². The standard InChI is InChI=1S/C24H36N4O5.C2HF3O2/c1-2-26-15-21(29)27-20(14-22(30)33-16-18-11-7-4-8-12-18)24(32)28-19(23(25)31)13-17-9-5-3-6-10-17;3-2(4,5)1(6)7/h4,7-8,11-12,17,19-20,26H,2-3,5-6,9-10,13-16H2,1H3,(H2,25,31)(H,27,29)(H,28,32);(H,6,7)/t19-,20-;/m0./s1. The number of nitrogens with one attached hydrogen (secondary N) is 3. The summed E-state index contributed by atoms with van der Waals surface area (Å²) in [6, 6.07) is 7.12. The SMILES string of the molecule is CCNCC(=O)N[C@@H](CC(=O)OCc1ccccc1)C(=O)N[C@@H](CC1CCCCC1)C(N)=O.O=C(O)C(F)(F)F. The third kappa shape index (κ3) is 14.5. The first-order chi connectivity index (χ1) is 18.8. The maximum atomic E-state index is 13.0. The van der Waals surface area contributed by atoms with Gasteiger partial charge < -0.3 is 31.5 Å². The van der Waals surface area contributed by atoms with E-state index in [-0.39, 0.29) is 19.6 Å². The summed E-state index contributed by atoms with van der Waals surface area (Å²) in [5, 5.41) is 15.2. The second-order valence-corrected chi connectivity index (χ2v) is 9.26. The first-order valence-corrected chi connectivity index (χ1v) is 12.9. The molecule has 40 heavy (non-hydrogen) atoms. The van der Waals surface area contributed by atoms with E-state index < -0.39 is 47.9 Å². The maximum Gasteiger partial charge on any atom is 0.490 e. The Morgan fingerprint density at radius 1 is 1.02 bits per heavy atom. The summed E-state index contributed by atoms with van der Waals surface area (Å²) >= 11 is 0. The zero-order chi connectivity index (χ0) is 30.1. The summed E-state index contributed by atoms with van der Waals surface area (Å²) in [6.45, 7) is 2.49. The number of primary amides is 1. The molecule has 1 aliphatic carbocycles. The number of nitrogens with two attached hydrogens (primary N) is 1. The average molecular weight is 575 g/mol. The molecule has 3 amide bonds. The molecule has 224 valence electrons. The van der Waals surface area contributed by atoms with Crippen molar-refractivity contribution in [1.29, 1.82) is 0 Å². The number of carbonyl (C=O) groups excluding carboxylic acids is 4. The number of alkyl halides is 3. The minimum absolute atomic E-state index is 0.000660. The summed E-state index contributed by atoms with van der Waals surface area (Å²) in [7, 11) is 0. The fourth-order valence-electron chi connectivity index (χ4n) is 3.93. The highest BCUT2D eigenvalue weighted by Gasteiger charge is 2.38. The molecule has 0 saturated heterocycles. The highest BCUT2D eigenvalue weighted by molar-refractivity contribution is 5.94. The van der Waals surface area contributed by atoms with Crippen LogP contribution in [0.3, 0.4) is 0 Å². The van der Waals surface area contributed by atoms with Crippen molar-refractivity contribution in [3.05, 3.63) is 35.9 Å². The van der Waals surface area contributed by atoms with Gasteiger partial charge in [-0.1, -0.05) is 69.4 Å². The van der Waals surface area contributed by atoms with Crippen molar-refractivity contribution in [3.8, 4) is 0 Å². The van der Waals surface area contributed by atoms with Crippen molar-refractivity contribution in [2.75, 3.05) is 13.1 Å². The smallest absolute Gasteiger partial charge is 0.475 e. The van der Waals surface area contributed by atoms with Gasteiger partial charge in [-0.2, -0.15) is 13.2 Å². The van der Waals surface area contributed by atoms with Gasteiger partial charge in [0.2, 0.25) is 17.7 Å². The fourth-order valence-corrected chi connectivity index (χ4v) is 3.93. The Morgan fingerprint density at radius 3 is 2.15 bits per heavy atom. The molecule has 1 aliphatic rings. The molecular formula is C26H37F3N4O7. The lowest BCUT2D eigenvalue weighted by Gasteiger charge is -2.27. The molecule has 14 heteroatoms. The average Bonchev–Trinajstić information content (AvgIpc) is 2.91. The van der Waals surface area contributed by atoms with Gasteiger partial charge in [0.05, 0.1) is 13.0 Å². The van der Waals surface area contributed by atoms with Gasteiger partial charge in [0.1, 0.15) is 18.7 Å². The Kier molecular flexibility index (Phi) is 15.3. The van der Waals surface area contributed by atoms with Gasteiger partial charge in [-0.15, -0.1) is 0 Å². The molecule has 1 aromatic rings. The minimum Gasteiger partial charge on any atom is -0.475 e. The van der Waals surface area contributed by atoms with Crippen LogP contribution in [0.15, 0.2) is 30.3 Å². The topological polar surface area (TPSA) is 177 Å². The number of esters is 1. The quantitative estimate of drug-likeness (QED) is 0.221. The van der Waals surface area contributed by atoms with E-state index in [1.807, 2.05) is 37.3 Å². The number of halogens is 3. The predicted octanol–water partition coefficient (Wildman–Crippen LogP) is 1.79. The molecule has 6 N–H and O–H groups in total. The van der Waals surface area contributed by atoms with Gasteiger partial charge in [0, 0.05) is 0 Å². The zero-order valence-electron chi connectivity index (χ0n) is 22.3. The number of hydrogen-bond donors (Lipinski definition) is 5. The van der Waals surface area contributed by atoms with Crippen molar-refractivity contribution in [2.45, 2.75) is 76.7 Å². The summed E-state index contributed by atoms with van der Waals surface area (Å²) in [5.41, 5.74) is 6.35. The summed E-state index contributed by atoms with van der Waals surface area (Å²) in [4.78, 5) is 58.5. The van der Waals surface area contributed by atoms with Crippen LogP contribution in [-0.4, -0.2) is 66.1 Å². The van der Waals surface area contributed by atoms with Gasteiger partial charge in [0.15, 0.2) is 0 Å². The van der Waals surface area contributed by atoms with Gasteiger partial charge in [-0.25, -0.2) is 4.79 Å². The predicted molar refractivity (Wildman–Crippen MR) is 137 cm³/mol. The van der Waals surface area contributed by atoms with Gasteiger partial charge >= 0.3 is 18.1 Å². The molecule has 0 spiro atoms. The Labute approximate surface area is 230 Å². The number of carboxylic acid groups (broad SMARTS) is 1. The lowest BCUT2D eigenvalue weighted by Crippen LogP contribution is -2.55. The summed E-state index contributed by atoms with van der Waals surface area (Å²) in [5.74, 6) is -4.77. The second kappa shape index (κ2) is 17.8. The molecule has 2 atom stereocenters. The summed E-state index contributed by atoms with van der Waals surface area (Å²) < 4.78 is 37.0. The van der Waals surface area contributed by atoms with Crippen LogP contribution in [-0.2, 0) is 35.3 Å². The molecule has 0 unspecified atom stereocenters. The molecule has 0 heterocycles. The van der Waals surface area contributed by atoms with E-state index in [4.69, 9.17) is 20.4 Å². The van der Waals surface area contributed by atoms with E-state index >= 15 is 0 Å². The number of carboxylic acids is 1. The van der Waals surface area contributed by atoms with Crippen LogP contribution in [0.5, 0.6) is 0 Å². The number of carbonyl (C=O) groups is 5. The fraction of sp³-hybridized carbons (Fsp3) is 0.577. The normalized spacial score (nSPS) is 15.0. The highest BCUT2D eigenvalue weighted by Crippen LogP contribution is 2.27. The number of ether oxygens (including phenoxy) is 1. The first kappa shape index (κ1) is 34.3. The van der Waals surface area contributed by atoms with Crippen molar-refractivity contribution in [3.63, 3.8) is 0 Å². The van der Waals surface area contributed by atoms with Gasteiger partial charge in [-0.3, -0.25) is 19.2 Å². The Balaban J connectivity index is 0.00000101. The molecule has 0 aromatic heterocycles. The molecule has 11 nitrogen and oxygen atoms in total. The van der Waals surface area contributed by atoms with Crippen molar-refractivity contribution < 1.29 is 47.0 Å². The molecule has 1 fully saturated rings. The van der Waals surface area contributed by atoms with Crippen LogP contribution in [0.25, 0.3) is 0 Å². The van der Waals surface area contributed by atoms with E-state index in [0.717, 1.165) is 31.2 Å².